The molecule has 0 spiro atoms. The van der Waals surface area contributed by atoms with Crippen LogP contribution in [-0.2, 0) is 35.9 Å². The summed E-state index contributed by atoms with van der Waals surface area (Å²) in [6.45, 7) is 2.10. The van der Waals surface area contributed by atoms with Gasteiger partial charge in [-0.25, -0.2) is 4.79 Å². The van der Waals surface area contributed by atoms with Crippen molar-refractivity contribution in [2.75, 3.05) is 41.6 Å². The molecule has 0 fully saturated rings. The number of fused-ring (bicyclic) bond motifs is 2. The van der Waals surface area contributed by atoms with Gasteiger partial charge in [-0.1, -0.05) is 48.5 Å². The molecule has 0 heterocycles. The molecule has 1 N–H and O–H groups in total. The fraction of sp³-hybridized carbons (Fsp3) is 0.267. The van der Waals surface area contributed by atoms with E-state index in [1.807, 2.05) is 78.9 Å². The molecule has 6 aromatic rings. The molecule has 6 rings (SSSR count). The molecule has 0 aliphatic carbocycles. The lowest BCUT2D eigenvalue weighted by molar-refractivity contribution is 0.115. The molecular weight excluding hydrogens is 698 g/mol. The maximum atomic E-state index is 12.6. The van der Waals surface area contributed by atoms with Crippen molar-refractivity contribution in [3.8, 4) is 34.5 Å². The molecule has 10 nitrogen and oxygen atoms in total. The Balaban J connectivity index is 1.01. The molecule has 6 aromatic carbocycles. The van der Waals surface area contributed by atoms with Gasteiger partial charge in [0.05, 0.1) is 35.0 Å². The zero-order valence-corrected chi connectivity index (χ0v) is 31.7. The molecular formula is C45H47NO9. The van der Waals surface area contributed by atoms with E-state index in [0.717, 1.165) is 56.6 Å². The van der Waals surface area contributed by atoms with Crippen molar-refractivity contribution >= 4 is 27.6 Å². The molecule has 0 aliphatic rings. The summed E-state index contributed by atoms with van der Waals surface area (Å²) in [6, 6.07) is 35.5. The van der Waals surface area contributed by atoms with E-state index in [2.05, 4.69) is 35.6 Å². The molecule has 0 unspecified atom stereocenters. The van der Waals surface area contributed by atoms with Gasteiger partial charge in [0.1, 0.15) is 54.3 Å². The van der Waals surface area contributed by atoms with Crippen molar-refractivity contribution in [3.05, 3.63) is 131 Å². The number of nitrogens with one attached hydrogen (secondary N) is 1. The second kappa shape index (κ2) is 19.3. The number of ether oxygens (including phenoxy) is 8. The summed E-state index contributed by atoms with van der Waals surface area (Å²) in [5.74, 6) is 3.97. The first-order valence-corrected chi connectivity index (χ1v) is 18.2. The van der Waals surface area contributed by atoms with Gasteiger partial charge in [-0.2, -0.15) is 0 Å². The normalized spacial score (nSPS) is 10.9. The molecule has 0 saturated heterocycles. The minimum absolute atomic E-state index is 0.187. The van der Waals surface area contributed by atoms with Crippen LogP contribution in [0.15, 0.2) is 109 Å². The largest absolute Gasteiger partial charge is 0.497 e. The SMILES string of the molecule is COc1cc(COc2cc(COCCCCNC(=O)OCc3c4ccccc4cc4ccccc34)cc(OCc3cc(OC)cc(OC)c3)c2)cc(OC)c1. The number of hydrogen-bond acceptors (Lipinski definition) is 9. The number of hydrogen-bond donors (Lipinski definition) is 1. The second-order valence-corrected chi connectivity index (χ2v) is 12.9. The highest BCUT2D eigenvalue weighted by Crippen LogP contribution is 2.31. The Morgan fingerprint density at radius 2 is 0.964 bits per heavy atom. The highest BCUT2D eigenvalue weighted by atomic mass is 16.5. The molecule has 0 aromatic heterocycles. The maximum absolute atomic E-state index is 12.6. The molecule has 0 saturated carbocycles. The first-order valence-electron chi connectivity index (χ1n) is 18.2. The Morgan fingerprint density at radius 3 is 1.47 bits per heavy atom. The van der Waals surface area contributed by atoms with Crippen LogP contribution in [0.2, 0.25) is 0 Å². The summed E-state index contributed by atoms with van der Waals surface area (Å²) in [7, 11) is 6.46. The Hall–Kier alpha value is -6.13. The third-order valence-electron chi connectivity index (χ3n) is 9.06. The quantitative estimate of drug-likeness (QED) is 0.0642. The van der Waals surface area contributed by atoms with Crippen LogP contribution in [0.4, 0.5) is 4.79 Å². The number of carbonyl (C=O) groups is 1. The van der Waals surface area contributed by atoms with E-state index in [1.54, 1.807) is 28.4 Å². The van der Waals surface area contributed by atoms with Crippen LogP contribution in [0.5, 0.6) is 34.5 Å². The average molecular weight is 746 g/mol. The van der Waals surface area contributed by atoms with Crippen molar-refractivity contribution in [1.82, 2.24) is 5.32 Å². The number of unbranched alkanes of at least 4 members (excludes halogenated alkanes) is 1. The summed E-state index contributed by atoms with van der Waals surface area (Å²) < 4.78 is 45.9. The van der Waals surface area contributed by atoms with E-state index >= 15 is 0 Å². The maximum Gasteiger partial charge on any atom is 0.407 e. The van der Waals surface area contributed by atoms with Gasteiger partial charge in [-0.15, -0.1) is 0 Å². The molecule has 1 amide bonds. The van der Waals surface area contributed by atoms with Crippen molar-refractivity contribution in [2.24, 2.45) is 0 Å². The van der Waals surface area contributed by atoms with Crippen LogP contribution in [-0.4, -0.2) is 47.7 Å². The number of amides is 1. The van der Waals surface area contributed by atoms with E-state index in [9.17, 15) is 4.79 Å². The summed E-state index contributed by atoms with van der Waals surface area (Å²) in [5.41, 5.74) is 3.68. The van der Waals surface area contributed by atoms with Crippen LogP contribution >= 0.6 is 0 Å². The van der Waals surface area contributed by atoms with Gasteiger partial charge in [0.15, 0.2) is 0 Å². The fourth-order valence-corrected chi connectivity index (χ4v) is 6.28. The number of alkyl carbamates (subject to hydrolysis) is 1. The number of methoxy groups -OCH3 is 4. The molecule has 10 heteroatoms. The predicted molar refractivity (Wildman–Crippen MR) is 213 cm³/mol. The van der Waals surface area contributed by atoms with Gasteiger partial charge in [0, 0.05) is 36.9 Å². The van der Waals surface area contributed by atoms with Crippen molar-refractivity contribution < 1.29 is 42.7 Å². The van der Waals surface area contributed by atoms with Crippen LogP contribution in [0.25, 0.3) is 21.5 Å². The summed E-state index contributed by atoms with van der Waals surface area (Å²) in [4.78, 5) is 12.6. The molecule has 55 heavy (non-hydrogen) atoms. The zero-order valence-electron chi connectivity index (χ0n) is 31.7. The minimum Gasteiger partial charge on any atom is -0.497 e. The first kappa shape index (κ1) is 38.6. The Bertz CT molecular complexity index is 2030. The lowest BCUT2D eigenvalue weighted by Gasteiger charge is -2.15. The zero-order chi connectivity index (χ0) is 38.4. The van der Waals surface area contributed by atoms with Crippen LogP contribution in [0, 0.1) is 0 Å². The van der Waals surface area contributed by atoms with Crippen LogP contribution in [0.1, 0.15) is 35.1 Å². The minimum atomic E-state index is -0.443. The van der Waals surface area contributed by atoms with Crippen molar-refractivity contribution in [3.63, 3.8) is 0 Å². The second-order valence-electron chi connectivity index (χ2n) is 12.9. The monoisotopic (exact) mass is 745 g/mol. The fourth-order valence-electron chi connectivity index (χ4n) is 6.28. The van der Waals surface area contributed by atoms with Gasteiger partial charge >= 0.3 is 6.09 Å². The van der Waals surface area contributed by atoms with Crippen molar-refractivity contribution in [1.29, 1.82) is 0 Å². The summed E-state index contributed by atoms with van der Waals surface area (Å²) >= 11 is 0. The first-order chi connectivity index (χ1) is 26.9. The Kier molecular flexibility index (Phi) is 13.5. The van der Waals surface area contributed by atoms with Crippen LogP contribution in [0.3, 0.4) is 0 Å². The highest BCUT2D eigenvalue weighted by Gasteiger charge is 2.12. The highest BCUT2D eigenvalue weighted by molar-refractivity contribution is 6.02. The third-order valence-corrected chi connectivity index (χ3v) is 9.06. The lowest BCUT2D eigenvalue weighted by Crippen LogP contribution is -2.25. The Morgan fingerprint density at radius 1 is 0.509 bits per heavy atom. The van der Waals surface area contributed by atoms with Crippen molar-refractivity contribution in [2.45, 2.75) is 39.3 Å². The number of rotatable bonds is 19. The van der Waals surface area contributed by atoms with Crippen LogP contribution < -0.4 is 33.7 Å². The van der Waals surface area contributed by atoms with Gasteiger partial charge in [0.25, 0.3) is 0 Å². The molecule has 0 bridgehead atoms. The predicted octanol–water partition coefficient (Wildman–Crippen LogP) is 9.41. The number of carbonyl (C=O) groups excluding carboxylic acids is 1. The lowest BCUT2D eigenvalue weighted by atomic mass is 9.97. The van der Waals surface area contributed by atoms with Gasteiger partial charge < -0.3 is 43.2 Å². The smallest absolute Gasteiger partial charge is 0.407 e. The van der Waals surface area contributed by atoms with E-state index in [4.69, 9.17) is 37.9 Å². The summed E-state index contributed by atoms with van der Waals surface area (Å²) in [5, 5.41) is 7.27. The van der Waals surface area contributed by atoms with E-state index in [1.165, 1.54) is 0 Å². The van der Waals surface area contributed by atoms with E-state index < -0.39 is 6.09 Å². The third kappa shape index (κ3) is 10.7. The molecule has 0 aliphatic heterocycles. The molecule has 286 valence electrons. The van der Waals surface area contributed by atoms with Gasteiger partial charge in [-0.05, 0) is 93.5 Å². The Labute approximate surface area is 321 Å². The number of benzene rings is 6. The standard InChI is InChI=1S/C45H47NO9/c1-48-36-17-32(18-37(24-36)49-2)28-53-40-21-31(22-41(26-40)54-29-33-19-38(50-3)25-39(20-33)51-4)27-52-16-10-9-15-46-45(47)55-30-44-42-13-7-5-11-34(42)23-35-12-6-8-14-43(35)44/h5-8,11-14,17-26H,9-10,15-16,27-30H2,1-4H3,(H,46,47). The molecule has 0 radical (unpaired) electrons. The van der Waals surface area contributed by atoms with Gasteiger partial charge in [0.2, 0.25) is 0 Å². The average Bonchev–Trinajstić information content (AvgIpc) is 3.22. The topological polar surface area (TPSA) is 103 Å². The van der Waals surface area contributed by atoms with Gasteiger partial charge in [-0.3, -0.25) is 0 Å². The van der Waals surface area contributed by atoms with E-state index in [-0.39, 0.29) is 6.61 Å². The van der Waals surface area contributed by atoms with E-state index in [0.29, 0.717) is 67.5 Å². The summed E-state index contributed by atoms with van der Waals surface area (Å²) in [6.07, 6.45) is 1.04. The molecule has 0 atom stereocenters.